The number of carbonyl (C=O) groups is 2. The molecule has 1 atom stereocenters. The number of aliphatic carboxylic acids is 1. The zero-order valence-electron chi connectivity index (χ0n) is 14.0. The van der Waals surface area contributed by atoms with Crippen molar-refractivity contribution in [3.8, 4) is 0 Å². The minimum absolute atomic E-state index is 0.0173. The molecule has 0 aromatic heterocycles. The Kier molecular flexibility index (Phi) is 9.93. The Morgan fingerprint density at radius 1 is 1.14 bits per heavy atom. The van der Waals surface area contributed by atoms with E-state index in [2.05, 4.69) is 6.92 Å². The summed E-state index contributed by atoms with van der Waals surface area (Å²) in [5.41, 5.74) is 0. The van der Waals surface area contributed by atoms with Crippen LogP contribution in [-0.4, -0.2) is 23.7 Å². The van der Waals surface area contributed by atoms with Crippen LogP contribution in [-0.2, 0) is 14.3 Å². The Hall–Kier alpha value is -1.06. The highest BCUT2D eigenvalue weighted by atomic mass is 16.5. The number of unbranched alkanes of at least 4 members (excludes halogenated alkanes) is 5. The number of carboxylic acid groups (broad SMARTS) is 1. The van der Waals surface area contributed by atoms with Crippen LogP contribution in [0.4, 0.5) is 0 Å². The lowest BCUT2D eigenvalue weighted by atomic mass is 9.78. The lowest BCUT2D eigenvalue weighted by Crippen LogP contribution is -2.23. The van der Waals surface area contributed by atoms with Crippen molar-refractivity contribution in [2.24, 2.45) is 11.8 Å². The Balaban J connectivity index is 2.11. The zero-order valence-corrected chi connectivity index (χ0v) is 14.0. The average Bonchev–Trinajstić information content (AvgIpc) is 2.43. The molecule has 0 aliphatic heterocycles. The number of ether oxygens (including phenoxy) is 1. The topological polar surface area (TPSA) is 63.6 Å². The lowest BCUT2D eigenvalue weighted by Gasteiger charge is -2.28. The van der Waals surface area contributed by atoms with Crippen LogP contribution in [0.5, 0.6) is 0 Å². The highest BCUT2D eigenvalue weighted by Crippen LogP contribution is 2.33. The molecule has 1 unspecified atom stereocenters. The second kappa shape index (κ2) is 11.5. The van der Waals surface area contributed by atoms with E-state index >= 15 is 0 Å². The van der Waals surface area contributed by atoms with E-state index in [1.54, 1.807) is 0 Å². The lowest BCUT2D eigenvalue weighted by molar-refractivity contribution is -0.148. The van der Waals surface area contributed by atoms with Gasteiger partial charge in [-0.05, 0) is 18.8 Å². The minimum Gasteiger partial charge on any atom is -0.481 e. The van der Waals surface area contributed by atoms with Crippen LogP contribution in [0.1, 0.15) is 84.0 Å². The fraction of sp³-hybridized carbons (Fsp3) is 0.889. The molecule has 0 amide bonds. The van der Waals surface area contributed by atoms with Crippen molar-refractivity contribution >= 4 is 11.9 Å². The molecule has 22 heavy (non-hydrogen) atoms. The molecule has 0 bridgehead atoms. The number of hydrogen-bond acceptors (Lipinski definition) is 3. The summed E-state index contributed by atoms with van der Waals surface area (Å²) in [4.78, 5) is 22.6. The molecule has 1 rings (SSSR count). The van der Waals surface area contributed by atoms with Gasteiger partial charge in [-0.15, -0.1) is 0 Å². The molecule has 1 aliphatic carbocycles. The van der Waals surface area contributed by atoms with Crippen LogP contribution in [0, 0.1) is 11.8 Å². The Bertz CT molecular complexity index is 323. The van der Waals surface area contributed by atoms with Crippen LogP contribution in [0.25, 0.3) is 0 Å². The third-order valence-corrected chi connectivity index (χ3v) is 4.57. The molecule has 0 spiro atoms. The quantitative estimate of drug-likeness (QED) is 0.400. The highest BCUT2D eigenvalue weighted by Gasteiger charge is 2.24. The zero-order chi connectivity index (χ0) is 16.2. The molecule has 4 nitrogen and oxygen atoms in total. The highest BCUT2D eigenvalue weighted by molar-refractivity contribution is 5.69. The smallest absolute Gasteiger partial charge is 0.305 e. The first kappa shape index (κ1) is 19.0. The molecule has 0 radical (unpaired) electrons. The van der Waals surface area contributed by atoms with Gasteiger partial charge < -0.3 is 9.84 Å². The van der Waals surface area contributed by atoms with E-state index in [1.807, 2.05) is 0 Å². The molecule has 0 aromatic carbocycles. The average molecular weight is 312 g/mol. The number of esters is 1. The summed E-state index contributed by atoms with van der Waals surface area (Å²) in [5, 5.41) is 8.96. The van der Waals surface area contributed by atoms with Crippen molar-refractivity contribution in [2.45, 2.75) is 84.0 Å². The maximum Gasteiger partial charge on any atom is 0.305 e. The summed E-state index contributed by atoms with van der Waals surface area (Å²) in [6.07, 6.45) is 12.0. The maximum atomic E-state index is 11.7. The van der Waals surface area contributed by atoms with Gasteiger partial charge in [0.15, 0.2) is 0 Å². The van der Waals surface area contributed by atoms with Crippen LogP contribution in [0.15, 0.2) is 0 Å². The third-order valence-electron chi connectivity index (χ3n) is 4.57. The van der Waals surface area contributed by atoms with E-state index < -0.39 is 5.97 Å². The molecule has 0 aromatic rings. The fourth-order valence-corrected chi connectivity index (χ4v) is 2.99. The molecular formula is C18H32O4. The molecular weight excluding hydrogens is 280 g/mol. The second-order valence-corrected chi connectivity index (χ2v) is 6.70. The van der Waals surface area contributed by atoms with Gasteiger partial charge in [-0.1, -0.05) is 58.3 Å². The summed E-state index contributed by atoms with van der Waals surface area (Å²) in [6.45, 7) is 2.46. The van der Waals surface area contributed by atoms with Crippen molar-refractivity contribution < 1.29 is 19.4 Å². The van der Waals surface area contributed by atoms with Gasteiger partial charge >= 0.3 is 11.9 Å². The van der Waals surface area contributed by atoms with E-state index in [0.717, 1.165) is 19.3 Å². The van der Waals surface area contributed by atoms with E-state index in [-0.39, 0.29) is 24.9 Å². The van der Waals surface area contributed by atoms with Gasteiger partial charge in [0.25, 0.3) is 0 Å². The first-order chi connectivity index (χ1) is 10.6. The van der Waals surface area contributed by atoms with Gasteiger partial charge in [-0.25, -0.2) is 0 Å². The van der Waals surface area contributed by atoms with Crippen LogP contribution >= 0.6 is 0 Å². The Morgan fingerprint density at radius 2 is 1.82 bits per heavy atom. The van der Waals surface area contributed by atoms with Crippen LogP contribution in [0.3, 0.4) is 0 Å². The van der Waals surface area contributed by atoms with Crippen molar-refractivity contribution in [2.75, 3.05) is 6.61 Å². The van der Waals surface area contributed by atoms with Gasteiger partial charge in [-0.2, -0.15) is 0 Å². The predicted molar refractivity (Wildman–Crippen MR) is 86.7 cm³/mol. The molecule has 4 heteroatoms. The summed E-state index contributed by atoms with van der Waals surface area (Å²) < 4.78 is 5.30. The second-order valence-electron chi connectivity index (χ2n) is 6.70. The van der Waals surface area contributed by atoms with Gasteiger partial charge in [0.1, 0.15) is 0 Å². The first-order valence-corrected chi connectivity index (χ1v) is 8.99. The van der Waals surface area contributed by atoms with Crippen molar-refractivity contribution in [3.05, 3.63) is 0 Å². The fourth-order valence-electron chi connectivity index (χ4n) is 2.99. The predicted octanol–water partition coefficient (Wildman–Crippen LogP) is 4.56. The van der Waals surface area contributed by atoms with Gasteiger partial charge in [0, 0.05) is 12.3 Å². The van der Waals surface area contributed by atoms with Gasteiger partial charge in [0.2, 0.25) is 0 Å². The monoisotopic (exact) mass is 312 g/mol. The maximum absolute atomic E-state index is 11.7. The number of carbonyl (C=O) groups excluding carboxylic acids is 1. The van der Waals surface area contributed by atoms with Crippen molar-refractivity contribution in [1.82, 2.24) is 0 Å². The third kappa shape index (κ3) is 9.06. The Morgan fingerprint density at radius 3 is 2.41 bits per heavy atom. The molecule has 1 aliphatic rings. The van der Waals surface area contributed by atoms with Crippen molar-refractivity contribution in [3.63, 3.8) is 0 Å². The molecule has 0 heterocycles. The number of rotatable bonds is 13. The molecule has 1 saturated carbocycles. The van der Waals surface area contributed by atoms with Crippen LogP contribution < -0.4 is 0 Å². The van der Waals surface area contributed by atoms with E-state index in [4.69, 9.17) is 9.84 Å². The molecule has 128 valence electrons. The van der Waals surface area contributed by atoms with Crippen molar-refractivity contribution in [1.29, 1.82) is 0 Å². The van der Waals surface area contributed by atoms with Crippen LogP contribution in [0.2, 0.25) is 0 Å². The summed E-state index contributed by atoms with van der Waals surface area (Å²) >= 11 is 0. The molecule has 0 saturated heterocycles. The number of hydrogen-bond donors (Lipinski definition) is 1. The normalized spacial score (nSPS) is 16.0. The van der Waals surface area contributed by atoms with E-state index in [9.17, 15) is 9.59 Å². The minimum atomic E-state index is -0.795. The van der Waals surface area contributed by atoms with E-state index in [0.29, 0.717) is 12.3 Å². The summed E-state index contributed by atoms with van der Waals surface area (Å²) in [7, 11) is 0. The van der Waals surface area contributed by atoms with Gasteiger partial charge in [-0.3, -0.25) is 9.59 Å². The molecule has 1 fully saturated rings. The summed E-state index contributed by atoms with van der Waals surface area (Å²) in [5.74, 6) is -0.339. The number of carboxylic acids is 1. The van der Waals surface area contributed by atoms with E-state index in [1.165, 1.54) is 44.9 Å². The van der Waals surface area contributed by atoms with Gasteiger partial charge in [0.05, 0.1) is 13.0 Å². The largest absolute Gasteiger partial charge is 0.481 e. The Labute approximate surface area is 134 Å². The summed E-state index contributed by atoms with van der Waals surface area (Å²) in [6, 6.07) is 0. The SMILES string of the molecule is CCCCCCCCC(=O)OCC(CC(=O)O)CC1CCC1. The molecule has 1 N–H and O–H groups in total. The standard InChI is InChI=1S/C18H32O4/c1-2-3-4-5-6-7-11-18(21)22-14-16(13-17(19)20)12-15-9-8-10-15/h15-16H,2-14H2,1H3,(H,19,20). The first-order valence-electron chi connectivity index (χ1n) is 8.99.